The van der Waals surface area contributed by atoms with E-state index in [0.29, 0.717) is 5.41 Å². The zero-order valence-electron chi connectivity index (χ0n) is 14.5. The van der Waals surface area contributed by atoms with Crippen LogP contribution in [-0.4, -0.2) is 12.5 Å². The largest absolute Gasteiger partial charge is 0.355 e. The number of hydrogen-bond acceptors (Lipinski definition) is 1. The molecule has 1 saturated carbocycles. The van der Waals surface area contributed by atoms with Crippen molar-refractivity contribution in [2.45, 2.75) is 80.1 Å². The van der Waals surface area contributed by atoms with Gasteiger partial charge in [0.2, 0.25) is 5.91 Å². The van der Waals surface area contributed by atoms with Crippen molar-refractivity contribution in [2.24, 2.45) is 22.7 Å². The average Bonchev–Trinajstić information content (AvgIpc) is 2.35. The Hall–Kier alpha value is -0.530. The third-order valence-electron chi connectivity index (χ3n) is 4.81. The molecule has 1 fully saturated rings. The fraction of sp³-hybridized carbons (Fsp3) is 0.944. The Balaban J connectivity index is 2.33. The van der Waals surface area contributed by atoms with Crippen LogP contribution in [0.4, 0.5) is 0 Å². The molecule has 0 atom stereocenters. The Morgan fingerprint density at radius 2 is 1.60 bits per heavy atom. The van der Waals surface area contributed by atoms with Crippen LogP contribution in [0.1, 0.15) is 80.1 Å². The molecule has 0 spiro atoms. The summed E-state index contributed by atoms with van der Waals surface area (Å²) in [6.45, 7) is 14.3. The monoisotopic (exact) mass is 281 g/mol. The van der Waals surface area contributed by atoms with Crippen molar-refractivity contribution in [3.8, 4) is 0 Å². The van der Waals surface area contributed by atoms with Gasteiger partial charge in [0.25, 0.3) is 0 Å². The molecule has 1 amide bonds. The van der Waals surface area contributed by atoms with Crippen molar-refractivity contribution in [3.63, 3.8) is 0 Å². The summed E-state index contributed by atoms with van der Waals surface area (Å²) < 4.78 is 0. The van der Waals surface area contributed by atoms with Crippen LogP contribution in [0.5, 0.6) is 0 Å². The first-order chi connectivity index (χ1) is 9.13. The smallest absolute Gasteiger partial charge is 0.223 e. The summed E-state index contributed by atoms with van der Waals surface area (Å²) >= 11 is 0. The fourth-order valence-electron chi connectivity index (χ4n) is 3.05. The van der Waals surface area contributed by atoms with Crippen LogP contribution >= 0.6 is 0 Å². The third kappa shape index (κ3) is 6.28. The standard InChI is InChI=1S/C18H35NO/c1-7-18(5,6)12-14-8-10-15(11-9-14)16(20)19-13-17(2,3)4/h14-15H,7-13H2,1-6H3,(H,19,20). The Kier molecular flexibility index (Phi) is 6.09. The predicted molar refractivity (Wildman–Crippen MR) is 86.6 cm³/mol. The van der Waals surface area contributed by atoms with Crippen molar-refractivity contribution in [3.05, 3.63) is 0 Å². The van der Waals surface area contributed by atoms with Crippen LogP contribution in [0.2, 0.25) is 0 Å². The number of rotatable bonds is 5. The summed E-state index contributed by atoms with van der Waals surface area (Å²) in [5.74, 6) is 1.38. The van der Waals surface area contributed by atoms with Crippen molar-refractivity contribution in [1.29, 1.82) is 0 Å². The zero-order chi connectivity index (χ0) is 15.4. The lowest BCUT2D eigenvalue weighted by Gasteiger charge is -2.33. The van der Waals surface area contributed by atoms with E-state index < -0.39 is 0 Å². The number of hydrogen-bond donors (Lipinski definition) is 1. The lowest BCUT2D eigenvalue weighted by atomic mass is 9.73. The first kappa shape index (κ1) is 17.5. The van der Waals surface area contributed by atoms with E-state index in [-0.39, 0.29) is 17.2 Å². The quantitative estimate of drug-likeness (QED) is 0.772. The molecular weight excluding hydrogens is 246 g/mol. The minimum absolute atomic E-state index is 0.179. The summed E-state index contributed by atoms with van der Waals surface area (Å²) in [5.41, 5.74) is 0.643. The van der Waals surface area contributed by atoms with Gasteiger partial charge in [-0.05, 0) is 48.9 Å². The summed E-state index contributed by atoms with van der Waals surface area (Å²) in [4.78, 5) is 12.2. The molecule has 0 heterocycles. The summed E-state index contributed by atoms with van der Waals surface area (Å²) in [7, 11) is 0. The highest BCUT2D eigenvalue weighted by Crippen LogP contribution is 2.38. The molecule has 0 bridgehead atoms. The second-order valence-electron chi connectivity index (χ2n) is 8.72. The summed E-state index contributed by atoms with van der Waals surface area (Å²) in [6, 6.07) is 0. The van der Waals surface area contributed by atoms with Crippen molar-refractivity contribution < 1.29 is 4.79 Å². The van der Waals surface area contributed by atoms with Crippen LogP contribution in [0.3, 0.4) is 0 Å². The SMILES string of the molecule is CCC(C)(C)CC1CCC(C(=O)NCC(C)(C)C)CC1. The van der Waals surface area contributed by atoms with Gasteiger partial charge in [-0.25, -0.2) is 0 Å². The minimum Gasteiger partial charge on any atom is -0.355 e. The van der Waals surface area contributed by atoms with Gasteiger partial charge < -0.3 is 5.32 Å². The van der Waals surface area contributed by atoms with E-state index in [1.807, 2.05) is 0 Å². The molecule has 1 aliphatic carbocycles. The molecule has 0 aromatic carbocycles. The highest BCUT2D eigenvalue weighted by atomic mass is 16.1. The zero-order valence-corrected chi connectivity index (χ0v) is 14.5. The van der Waals surface area contributed by atoms with Crippen molar-refractivity contribution in [1.82, 2.24) is 5.32 Å². The minimum atomic E-state index is 0.179. The molecule has 1 N–H and O–H groups in total. The van der Waals surface area contributed by atoms with Gasteiger partial charge in [0.05, 0.1) is 0 Å². The fourth-order valence-corrected chi connectivity index (χ4v) is 3.05. The Morgan fingerprint density at radius 3 is 2.05 bits per heavy atom. The summed E-state index contributed by atoms with van der Waals surface area (Å²) in [5, 5.41) is 3.13. The van der Waals surface area contributed by atoms with Gasteiger partial charge in [0.1, 0.15) is 0 Å². The molecule has 0 aliphatic heterocycles. The van der Waals surface area contributed by atoms with Gasteiger partial charge in [0, 0.05) is 12.5 Å². The topological polar surface area (TPSA) is 29.1 Å². The molecular formula is C18H35NO. The van der Waals surface area contributed by atoms with Gasteiger partial charge in [-0.2, -0.15) is 0 Å². The van der Waals surface area contributed by atoms with Crippen LogP contribution in [-0.2, 0) is 4.79 Å². The molecule has 2 nitrogen and oxygen atoms in total. The van der Waals surface area contributed by atoms with Crippen molar-refractivity contribution >= 4 is 5.91 Å². The van der Waals surface area contributed by atoms with E-state index in [0.717, 1.165) is 25.3 Å². The first-order valence-corrected chi connectivity index (χ1v) is 8.41. The van der Waals surface area contributed by atoms with E-state index in [9.17, 15) is 4.79 Å². The van der Waals surface area contributed by atoms with E-state index in [1.54, 1.807) is 0 Å². The molecule has 118 valence electrons. The Labute approximate surface area is 126 Å². The molecule has 0 saturated heterocycles. The van der Waals surface area contributed by atoms with Crippen LogP contribution in [0, 0.1) is 22.7 Å². The van der Waals surface area contributed by atoms with Crippen LogP contribution < -0.4 is 5.32 Å². The third-order valence-corrected chi connectivity index (χ3v) is 4.81. The lowest BCUT2D eigenvalue weighted by molar-refractivity contribution is -0.126. The van der Waals surface area contributed by atoms with Crippen molar-refractivity contribution in [2.75, 3.05) is 6.54 Å². The second kappa shape index (κ2) is 6.95. The Morgan fingerprint density at radius 1 is 1.05 bits per heavy atom. The van der Waals surface area contributed by atoms with E-state index in [4.69, 9.17) is 0 Å². The Bertz CT molecular complexity index is 306. The van der Waals surface area contributed by atoms with Gasteiger partial charge in [-0.15, -0.1) is 0 Å². The number of carbonyl (C=O) groups excluding carboxylic acids is 1. The van der Waals surface area contributed by atoms with Gasteiger partial charge in [-0.1, -0.05) is 48.0 Å². The normalized spacial score (nSPS) is 24.5. The molecule has 1 rings (SSSR count). The number of amides is 1. The molecule has 0 radical (unpaired) electrons. The number of nitrogens with one attached hydrogen (secondary N) is 1. The molecule has 1 aliphatic rings. The molecule has 2 heteroatoms. The number of carbonyl (C=O) groups is 1. The van der Waals surface area contributed by atoms with E-state index in [2.05, 4.69) is 46.9 Å². The molecule has 0 aromatic rings. The van der Waals surface area contributed by atoms with Gasteiger partial charge >= 0.3 is 0 Å². The summed E-state index contributed by atoms with van der Waals surface area (Å²) in [6.07, 6.45) is 7.20. The second-order valence-corrected chi connectivity index (χ2v) is 8.72. The first-order valence-electron chi connectivity index (χ1n) is 8.41. The molecule has 0 aromatic heterocycles. The van der Waals surface area contributed by atoms with E-state index >= 15 is 0 Å². The maximum atomic E-state index is 12.2. The highest BCUT2D eigenvalue weighted by molar-refractivity contribution is 5.78. The maximum Gasteiger partial charge on any atom is 0.223 e. The average molecular weight is 281 g/mol. The van der Waals surface area contributed by atoms with Crippen LogP contribution in [0.25, 0.3) is 0 Å². The maximum absolute atomic E-state index is 12.2. The molecule has 0 unspecified atom stereocenters. The van der Waals surface area contributed by atoms with E-state index in [1.165, 1.54) is 25.7 Å². The van der Waals surface area contributed by atoms with Gasteiger partial charge in [0.15, 0.2) is 0 Å². The lowest BCUT2D eigenvalue weighted by Crippen LogP contribution is -2.38. The van der Waals surface area contributed by atoms with Gasteiger partial charge in [-0.3, -0.25) is 4.79 Å². The molecule has 20 heavy (non-hydrogen) atoms. The van der Waals surface area contributed by atoms with Crippen LogP contribution in [0.15, 0.2) is 0 Å². The predicted octanol–water partition coefficient (Wildman–Crippen LogP) is 4.78. The highest BCUT2D eigenvalue weighted by Gasteiger charge is 2.29.